The maximum Gasteiger partial charge on any atom is 0.226 e. The highest BCUT2D eigenvalue weighted by atomic mass is 32.1. The number of hydrogen-bond donors (Lipinski definition) is 2. The van der Waals surface area contributed by atoms with Crippen LogP contribution in [0.2, 0.25) is 0 Å². The third-order valence-electron chi connectivity index (χ3n) is 5.90. The molecule has 2 heterocycles. The van der Waals surface area contributed by atoms with Gasteiger partial charge in [-0.25, -0.2) is 4.98 Å². The summed E-state index contributed by atoms with van der Waals surface area (Å²) in [7, 11) is 0. The molecule has 148 valence electrons. The van der Waals surface area contributed by atoms with E-state index in [-0.39, 0.29) is 11.4 Å². The SMILES string of the molecule is N#Cc1c(NC(=O)CCNC2(c3nccs3)CCCC2)sc2c1CCCCC2. The van der Waals surface area contributed by atoms with Crippen molar-refractivity contribution in [3.63, 3.8) is 0 Å². The number of aryl methyl sites for hydroxylation is 1. The fourth-order valence-electron chi connectivity index (χ4n) is 4.46. The van der Waals surface area contributed by atoms with E-state index in [0.29, 0.717) is 18.5 Å². The van der Waals surface area contributed by atoms with Crippen molar-refractivity contribution in [2.45, 2.75) is 69.7 Å². The van der Waals surface area contributed by atoms with Crippen molar-refractivity contribution in [3.8, 4) is 6.07 Å². The molecule has 2 aliphatic rings. The number of nitrogens with one attached hydrogen (secondary N) is 2. The Hall–Kier alpha value is -1.75. The van der Waals surface area contributed by atoms with Gasteiger partial charge in [-0.15, -0.1) is 22.7 Å². The molecule has 7 heteroatoms. The van der Waals surface area contributed by atoms with E-state index < -0.39 is 0 Å². The Balaban J connectivity index is 1.37. The zero-order valence-electron chi connectivity index (χ0n) is 16.1. The predicted octanol–water partition coefficient (Wildman–Crippen LogP) is 4.73. The van der Waals surface area contributed by atoms with Gasteiger partial charge in [-0.1, -0.05) is 19.3 Å². The molecular weight excluding hydrogens is 388 g/mol. The van der Waals surface area contributed by atoms with Gasteiger partial charge in [-0.05, 0) is 44.1 Å². The van der Waals surface area contributed by atoms with Gasteiger partial charge in [0.15, 0.2) is 0 Å². The minimum absolute atomic E-state index is 0.0207. The van der Waals surface area contributed by atoms with Gasteiger partial charge in [0, 0.05) is 29.4 Å². The van der Waals surface area contributed by atoms with Gasteiger partial charge in [0.05, 0.1) is 11.1 Å². The third-order valence-corrected chi connectivity index (χ3v) is 8.08. The van der Waals surface area contributed by atoms with Crippen LogP contribution in [0, 0.1) is 11.3 Å². The number of fused-ring (bicyclic) bond motifs is 1. The molecule has 0 saturated heterocycles. The summed E-state index contributed by atoms with van der Waals surface area (Å²) in [6.45, 7) is 0.623. The van der Waals surface area contributed by atoms with Gasteiger partial charge in [0.25, 0.3) is 0 Å². The first-order valence-electron chi connectivity index (χ1n) is 10.2. The van der Waals surface area contributed by atoms with Crippen molar-refractivity contribution < 1.29 is 4.79 Å². The number of aromatic nitrogens is 1. The molecule has 4 rings (SSSR count). The number of nitriles is 1. The molecule has 2 aliphatic carbocycles. The first kappa shape index (κ1) is 19.6. The molecule has 2 aromatic rings. The van der Waals surface area contributed by atoms with Crippen LogP contribution >= 0.6 is 22.7 Å². The van der Waals surface area contributed by atoms with Gasteiger partial charge >= 0.3 is 0 Å². The summed E-state index contributed by atoms with van der Waals surface area (Å²) in [5.41, 5.74) is 1.80. The standard InChI is InChI=1S/C21H26N4OS2/c22-14-16-15-6-2-1-3-7-17(15)28-19(16)25-18(26)8-11-24-21(9-4-5-10-21)20-23-12-13-27-20/h12-13,24H,1-11H2,(H,25,26). The molecular formula is C21H26N4OS2. The van der Waals surface area contributed by atoms with E-state index in [9.17, 15) is 10.1 Å². The number of carbonyl (C=O) groups excluding carboxylic acids is 1. The van der Waals surface area contributed by atoms with E-state index >= 15 is 0 Å². The van der Waals surface area contributed by atoms with Gasteiger partial charge in [-0.3, -0.25) is 4.79 Å². The molecule has 0 atom stereocenters. The summed E-state index contributed by atoms with van der Waals surface area (Å²) in [4.78, 5) is 18.4. The molecule has 28 heavy (non-hydrogen) atoms. The molecule has 5 nitrogen and oxygen atoms in total. The van der Waals surface area contributed by atoms with Crippen LogP contribution in [0.3, 0.4) is 0 Å². The van der Waals surface area contributed by atoms with E-state index in [1.165, 1.54) is 36.1 Å². The number of rotatable bonds is 6. The smallest absolute Gasteiger partial charge is 0.226 e. The molecule has 2 aromatic heterocycles. The first-order chi connectivity index (χ1) is 13.7. The van der Waals surface area contributed by atoms with Crippen molar-refractivity contribution >= 4 is 33.6 Å². The second kappa shape index (κ2) is 8.73. The third kappa shape index (κ3) is 4.00. The molecule has 0 aliphatic heterocycles. The number of thiazole rings is 1. The monoisotopic (exact) mass is 414 g/mol. The van der Waals surface area contributed by atoms with E-state index in [2.05, 4.69) is 21.7 Å². The van der Waals surface area contributed by atoms with Crippen LogP contribution < -0.4 is 10.6 Å². The quantitative estimate of drug-likeness (QED) is 0.670. The molecule has 0 spiro atoms. The van der Waals surface area contributed by atoms with E-state index in [0.717, 1.165) is 42.1 Å². The highest BCUT2D eigenvalue weighted by molar-refractivity contribution is 7.16. The summed E-state index contributed by atoms with van der Waals surface area (Å²) in [6, 6.07) is 2.34. The lowest BCUT2D eigenvalue weighted by Crippen LogP contribution is -2.41. The lowest BCUT2D eigenvalue weighted by atomic mass is 9.98. The topological polar surface area (TPSA) is 77.8 Å². The maximum atomic E-state index is 12.6. The van der Waals surface area contributed by atoms with Gasteiger partial charge < -0.3 is 10.6 Å². The molecule has 2 N–H and O–H groups in total. The zero-order chi connectivity index (χ0) is 19.4. The van der Waals surface area contributed by atoms with Gasteiger partial charge in [-0.2, -0.15) is 5.26 Å². The number of amides is 1. The fourth-order valence-corrected chi connectivity index (χ4v) is 6.59. The molecule has 0 unspecified atom stereocenters. The number of thiophene rings is 1. The van der Waals surface area contributed by atoms with Gasteiger partial charge in [0.2, 0.25) is 5.91 Å². The average Bonchev–Trinajstić information content (AvgIpc) is 3.40. The summed E-state index contributed by atoms with van der Waals surface area (Å²) in [6.07, 6.45) is 12.3. The average molecular weight is 415 g/mol. The molecule has 0 radical (unpaired) electrons. The highest BCUT2D eigenvalue weighted by Gasteiger charge is 2.37. The van der Waals surface area contributed by atoms with Crippen LogP contribution in [0.15, 0.2) is 11.6 Å². The highest BCUT2D eigenvalue weighted by Crippen LogP contribution is 2.40. The van der Waals surface area contributed by atoms with Crippen LogP contribution in [-0.4, -0.2) is 17.4 Å². The van der Waals surface area contributed by atoms with Gasteiger partial charge in [0.1, 0.15) is 16.1 Å². The van der Waals surface area contributed by atoms with Crippen LogP contribution in [0.5, 0.6) is 0 Å². The van der Waals surface area contributed by atoms with Crippen molar-refractivity contribution in [2.24, 2.45) is 0 Å². The van der Waals surface area contributed by atoms with Crippen molar-refractivity contribution in [1.29, 1.82) is 5.26 Å². The maximum absolute atomic E-state index is 12.6. The Kier molecular flexibility index (Phi) is 6.10. The molecule has 1 fully saturated rings. The van der Waals surface area contributed by atoms with Crippen LogP contribution in [0.4, 0.5) is 5.00 Å². The number of carbonyl (C=O) groups is 1. The minimum atomic E-state index is -0.0630. The molecule has 1 amide bonds. The number of nitrogens with zero attached hydrogens (tertiary/aromatic N) is 2. The molecule has 0 aromatic carbocycles. The first-order valence-corrected chi connectivity index (χ1v) is 11.9. The van der Waals surface area contributed by atoms with E-state index in [1.807, 2.05) is 11.6 Å². The normalized spacial score (nSPS) is 18.2. The van der Waals surface area contributed by atoms with E-state index in [1.54, 1.807) is 22.7 Å². The molecule has 0 bridgehead atoms. The zero-order valence-corrected chi connectivity index (χ0v) is 17.7. The summed E-state index contributed by atoms with van der Waals surface area (Å²) < 4.78 is 0. The largest absolute Gasteiger partial charge is 0.317 e. The predicted molar refractivity (Wildman–Crippen MR) is 114 cm³/mol. The van der Waals surface area contributed by atoms with Crippen molar-refractivity contribution in [2.75, 3.05) is 11.9 Å². The summed E-state index contributed by atoms with van der Waals surface area (Å²) in [5, 5.41) is 20.2. The Labute approximate surface area is 174 Å². The second-order valence-electron chi connectivity index (χ2n) is 7.73. The summed E-state index contributed by atoms with van der Waals surface area (Å²) >= 11 is 3.29. The Bertz CT molecular complexity index is 860. The lowest BCUT2D eigenvalue weighted by Gasteiger charge is -2.28. The summed E-state index contributed by atoms with van der Waals surface area (Å²) in [5.74, 6) is -0.0207. The molecule has 1 saturated carbocycles. The van der Waals surface area contributed by atoms with Crippen molar-refractivity contribution in [3.05, 3.63) is 32.6 Å². The van der Waals surface area contributed by atoms with Crippen LogP contribution in [0.25, 0.3) is 0 Å². The minimum Gasteiger partial charge on any atom is -0.317 e. The van der Waals surface area contributed by atoms with Crippen molar-refractivity contribution in [1.82, 2.24) is 10.3 Å². The lowest BCUT2D eigenvalue weighted by molar-refractivity contribution is -0.116. The van der Waals surface area contributed by atoms with E-state index in [4.69, 9.17) is 0 Å². The fraction of sp³-hybridized carbons (Fsp3) is 0.571. The Morgan fingerprint density at radius 1 is 1.21 bits per heavy atom. The van der Waals surface area contributed by atoms with Crippen LogP contribution in [-0.2, 0) is 23.2 Å². The second-order valence-corrected chi connectivity index (χ2v) is 9.73. The Morgan fingerprint density at radius 2 is 2.04 bits per heavy atom. The van der Waals surface area contributed by atoms with Crippen LogP contribution in [0.1, 0.15) is 72.4 Å². The number of anilines is 1. The number of hydrogen-bond acceptors (Lipinski definition) is 6. The Morgan fingerprint density at radius 3 is 2.79 bits per heavy atom.